The maximum absolute atomic E-state index is 6.02. The van der Waals surface area contributed by atoms with Gasteiger partial charge < -0.3 is 15.4 Å². The maximum atomic E-state index is 6.02. The second-order valence-corrected chi connectivity index (χ2v) is 6.83. The van der Waals surface area contributed by atoms with Gasteiger partial charge in [0.1, 0.15) is 11.9 Å². The topological polar surface area (TPSA) is 63.5 Å². The fourth-order valence-electron chi connectivity index (χ4n) is 3.65. The number of para-hydroxylation sites is 1. The fraction of sp³-hybridized carbons (Fsp3) is 0.524. The summed E-state index contributed by atoms with van der Waals surface area (Å²) < 4.78 is 8.01. The Bertz CT molecular complexity index is 771. The molecule has 0 spiro atoms. The second-order valence-electron chi connectivity index (χ2n) is 6.83. The zero-order valence-corrected chi connectivity index (χ0v) is 16.9. The quantitative estimate of drug-likeness (QED) is 0.582. The normalized spacial score (nSPS) is 16.1. The van der Waals surface area contributed by atoms with E-state index in [0.29, 0.717) is 6.54 Å². The number of aryl methyl sites for hydroxylation is 2. The van der Waals surface area contributed by atoms with Crippen LogP contribution in [0.1, 0.15) is 43.3 Å². The SMILES string of the molecule is CCNC(=NCc1c(CC)nn(C)c1CC)NCC1Cc2ccccc2O1. The number of aliphatic imine (C=N–C) groups is 1. The number of nitrogens with one attached hydrogen (secondary N) is 2. The van der Waals surface area contributed by atoms with Crippen molar-refractivity contribution >= 4 is 5.96 Å². The lowest BCUT2D eigenvalue weighted by Gasteiger charge is -2.15. The van der Waals surface area contributed by atoms with Crippen molar-refractivity contribution in [3.63, 3.8) is 0 Å². The van der Waals surface area contributed by atoms with Crippen molar-refractivity contribution in [3.8, 4) is 5.75 Å². The van der Waals surface area contributed by atoms with Gasteiger partial charge in [0.25, 0.3) is 0 Å². The van der Waals surface area contributed by atoms with E-state index >= 15 is 0 Å². The van der Waals surface area contributed by atoms with Gasteiger partial charge in [-0.1, -0.05) is 32.0 Å². The molecule has 0 amide bonds. The van der Waals surface area contributed by atoms with E-state index in [1.54, 1.807) is 0 Å². The van der Waals surface area contributed by atoms with Crippen LogP contribution in [0.2, 0.25) is 0 Å². The molecule has 0 radical (unpaired) electrons. The molecule has 3 rings (SSSR count). The molecule has 1 aliphatic rings. The Kier molecular flexibility index (Phi) is 6.37. The van der Waals surface area contributed by atoms with Gasteiger partial charge in [-0.25, -0.2) is 4.99 Å². The Morgan fingerprint density at radius 2 is 2.04 bits per heavy atom. The van der Waals surface area contributed by atoms with Crippen LogP contribution in [0.3, 0.4) is 0 Å². The Morgan fingerprint density at radius 3 is 2.74 bits per heavy atom. The van der Waals surface area contributed by atoms with Crippen molar-refractivity contribution in [2.75, 3.05) is 13.1 Å². The van der Waals surface area contributed by atoms with Gasteiger partial charge in [0.2, 0.25) is 0 Å². The standard InChI is InChI=1S/C21H31N5O/c1-5-18-17(19(6-2)26(4)25-18)14-24-21(22-7-3)23-13-16-12-15-10-8-9-11-20(15)27-16/h8-11,16H,5-7,12-14H2,1-4H3,(H2,22,23,24). The van der Waals surface area contributed by atoms with Gasteiger partial charge in [0.15, 0.2) is 5.96 Å². The lowest BCUT2D eigenvalue weighted by Crippen LogP contribution is -2.42. The average molecular weight is 370 g/mol. The Morgan fingerprint density at radius 1 is 1.22 bits per heavy atom. The summed E-state index contributed by atoms with van der Waals surface area (Å²) in [6, 6.07) is 8.25. The second kappa shape index (κ2) is 8.93. The molecule has 6 heteroatoms. The Balaban J connectivity index is 1.64. The van der Waals surface area contributed by atoms with Gasteiger partial charge in [-0.15, -0.1) is 0 Å². The number of hydrogen-bond donors (Lipinski definition) is 2. The van der Waals surface area contributed by atoms with Crippen molar-refractivity contribution in [2.45, 2.75) is 52.7 Å². The van der Waals surface area contributed by atoms with Crippen molar-refractivity contribution in [2.24, 2.45) is 12.0 Å². The summed E-state index contributed by atoms with van der Waals surface area (Å²) in [6.07, 6.45) is 2.97. The monoisotopic (exact) mass is 369 g/mol. The van der Waals surface area contributed by atoms with Gasteiger partial charge >= 0.3 is 0 Å². The molecule has 1 atom stereocenters. The first kappa shape index (κ1) is 19.3. The zero-order valence-electron chi connectivity index (χ0n) is 16.9. The minimum absolute atomic E-state index is 0.141. The van der Waals surface area contributed by atoms with Gasteiger partial charge in [0, 0.05) is 31.3 Å². The third-order valence-electron chi connectivity index (χ3n) is 4.98. The van der Waals surface area contributed by atoms with Crippen molar-refractivity contribution < 1.29 is 4.74 Å². The van der Waals surface area contributed by atoms with Crippen LogP contribution in [-0.2, 0) is 32.9 Å². The molecular weight excluding hydrogens is 338 g/mol. The summed E-state index contributed by atoms with van der Waals surface area (Å²) in [6.45, 7) is 8.59. The van der Waals surface area contributed by atoms with Crippen LogP contribution in [0.5, 0.6) is 5.75 Å². The summed E-state index contributed by atoms with van der Waals surface area (Å²) in [7, 11) is 2.02. The summed E-state index contributed by atoms with van der Waals surface area (Å²) in [5.74, 6) is 1.83. The molecule has 27 heavy (non-hydrogen) atoms. The van der Waals surface area contributed by atoms with Crippen LogP contribution >= 0.6 is 0 Å². The highest BCUT2D eigenvalue weighted by molar-refractivity contribution is 5.79. The Hall–Kier alpha value is -2.50. The first-order valence-electron chi connectivity index (χ1n) is 9.96. The number of hydrogen-bond acceptors (Lipinski definition) is 3. The van der Waals surface area contributed by atoms with E-state index in [-0.39, 0.29) is 6.10 Å². The summed E-state index contributed by atoms with van der Waals surface area (Å²) >= 11 is 0. The third kappa shape index (κ3) is 4.43. The van der Waals surface area contributed by atoms with Gasteiger partial charge in [-0.3, -0.25) is 4.68 Å². The number of benzene rings is 1. The van der Waals surface area contributed by atoms with E-state index in [2.05, 4.69) is 48.6 Å². The zero-order chi connectivity index (χ0) is 19.2. The molecule has 0 fully saturated rings. The highest BCUT2D eigenvalue weighted by Gasteiger charge is 2.22. The van der Waals surface area contributed by atoms with E-state index in [1.165, 1.54) is 16.8 Å². The largest absolute Gasteiger partial charge is 0.488 e. The minimum atomic E-state index is 0.141. The van der Waals surface area contributed by atoms with Crippen LogP contribution in [0.15, 0.2) is 29.3 Å². The lowest BCUT2D eigenvalue weighted by molar-refractivity contribution is 0.235. The molecule has 0 aliphatic carbocycles. The maximum Gasteiger partial charge on any atom is 0.191 e. The van der Waals surface area contributed by atoms with Crippen LogP contribution in [-0.4, -0.2) is 34.9 Å². The van der Waals surface area contributed by atoms with Gasteiger partial charge in [-0.2, -0.15) is 5.10 Å². The number of ether oxygens (including phenoxy) is 1. The van der Waals surface area contributed by atoms with Crippen LogP contribution in [0.4, 0.5) is 0 Å². The number of guanidine groups is 1. The van der Waals surface area contributed by atoms with E-state index in [4.69, 9.17) is 9.73 Å². The van der Waals surface area contributed by atoms with Gasteiger partial charge in [-0.05, 0) is 31.4 Å². The highest BCUT2D eigenvalue weighted by Crippen LogP contribution is 2.27. The number of aromatic nitrogens is 2. The molecule has 1 aromatic carbocycles. The molecule has 0 saturated heterocycles. The third-order valence-corrected chi connectivity index (χ3v) is 4.98. The van der Waals surface area contributed by atoms with E-state index in [0.717, 1.165) is 49.8 Å². The molecule has 1 aromatic heterocycles. The molecule has 2 heterocycles. The van der Waals surface area contributed by atoms with Crippen LogP contribution < -0.4 is 15.4 Å². The van der Waals surface area contributed by atoms with Crippen molar-refractivity contribution in [1.29, 1.82) is 0 Å². The summed E-state index contributed by atoms with van der Waals surface area (Å²) in [4.78, 5) is 4.81. The molecule has 146 valence electrons. The molecule has 6 nitrogen and oxygen atoms in total. The molecule has 0 bridgehead atoms. The average Bonchev–Trinajstić information content (AvgIpc) is 3.23. The first-order valence-corrected chi connectivity index (χ1v) is 9.96. The van der Waals surface area contributed by atoms with E-state index in [9.17, 15) is 0 Å². The minimum Gasteiger partial charge on any atom is -0.488 e. The Labute approximate surface area is 162 Å². The molecular formula is C21H31N5O. The lowest BCUT2D eigenvalue weighted by atomic mass is 10.1. The molecule has 1 unspecified atom stereocenters. The van der Waals surface area contributed by atoms with Gasteiger partial charge in [0.05, 0.1) is 18.8 Å². The smallest absolute Gasteiger partial charge is 0.191 e. The molecule has 2 N–H and O–H groups in total. The fourth-order valence-corrected chi connectivity index (χ4v) is 3.65. The predicted octanol–water partition coefficient (Wildman–Crippen LogP) is 2.60. The number of nitrogens with zero attached hydrogens (tertiary/aromatic N) is 3. The number of rotatable bonds is 7. The molecule has 1 aliphatic heterocycles. The summed E-state index contributed by atoms with van der Waals surface area (Å²) in [5.41, 5.74) is 4.94. The van der Waals surface area contributed by atoms with Crippen LogP contribution in [0, 0.1) is 0 Å². The van der Waals surface area contributed by atoms with E-state index < -0.39 is 0 Å². The summed E-state index contributed by atoms with van der Waals surface area (Å²) in [5, 5.41) is 11.4. The molecule has 2 aromatic rings. The predicted molar refractivity (Wildman–Crippen MR) is 109 cm³/mol. The molecule has 0 saturated carbocycles. The van der Waals surface area contributed by atoms with Crippen LogP contribution in [0.25, 0.3) is 0 Å². The first-order chi connectivity index (χ1) is 13.2. The van der Waals surface area contributed by atoms with Crippen molar-refractivity contribution in [1.82, 2.24) is 20.4 Å². The van der Waals surface area contributed by atoms with Crippen molar-refractivity contribution in [3.05, 3.63) is 46.8 Å². The number of fused-ring (bicyclic) bond motifs is 1. The van der Waals surface area contributed by atoms with E-state index in [1.807, 2.05) is 23.9 Å². The highest BCUT2D eigenvalue weighted by atomic mass is 16.5.